The standard InChI is InChI=1S/C46H27N3/c1-3-14-29(15-4-1)47(30-16-5-2-6-17-30)45-31-18-8-7-13-28(31)27-37-34-21-12-23-36-42-40(49(44(34)36)46(37)45)26-25-39-41(42)35-22-11-20-33-32-19-9-10-24-38(32)48(39)43(33)35/h1-27H. The zero-order valence-corrected chi connectivity index (χ0v) is 26.4. The van der Waals surface area contributed by atoms with Gasteiger partial charge in [-0.1, -0.05) is 115 Å². The summed E-state index contributed by atoms with van der Waals surface area (Å²) in [6.45, 7) is 0. The predicted octanol–water partition coefficient (Wildman–Crippen LogP) is 12.6. The van der Waals surface area contributed by atoms with Gasteiger partial charge in [0.15, 0.2) is 0 Å². The van der Waals surface area contributed by atoms with Crippen molar-refractivity contribution in [3.8, 4) is 0 Å². The Morgan fingerprint density at radius 2 is 0.837 bits per heavy atom. The molecular weight excluding hydrogens is 595 g/mol. The summed E-state index contributed by atoms with van der Waals surface area (Å²) >= 11 is 0. The van der Waals surface area contributed by atoms with Crippen LogP contribution >= 0.6 is 0 Å². The molecule has 0 fully saturated rings. The molecule has 0 bridgehead atoms. The van der Waals surface area contributed by atoms with E-state index in [-0.39, 0.29) is 0 Å². The average Bonchev–Trinajstić information content (AvgIpc) is 3.89. The lowest BCUT2D eigenvalue weighted by Gasteiger charge is -2.28. The highest BCUT2D eigenvalue weighted by Gasteiger charge is 2.27. The van der Waals surface area contributed by atoms with E-state index in [1.54, 1.807) is 0 Å². The Labute approximate surface area is 280 Å². The Balaban J connectivity index is 1.33. The van der Waals surface area contributed by atoms with Crippen LogP contribution in [-0.4, -0.2) is 8.80 Å². The molecule has 3 heteroatoms. The molecular formula is C46H27N3. The maximum Gasteiger partial charge on any atom is 0.0789 e. The lowest BCUT2D eigenvalue weighted by molar-refractivity contribution is 1.28. The molecule has 0 unspecified atom stereocenters. The minimum atomic E-state index is 1.13. The fraction of sp³-hybridized carbons (Fsp3) is 0. The summed E-state index contributed by atoms with van der Waals surface area (Å²) in [4.78, 5) is 2.46. The Morgan fingerprint density at radius 1 is 0.327 bits per heavy atom. The van der Waals surface area contributed by atoms with E-state index < -0.39 is 0 Å². The molecule has 0 atom stereocenters. The number of anilines is 3. The topological polar surface area (TPSA) is 12.1 Å². The van der Waals surface area contributed by atoms with Gasteiger partial charge >= 0.3 is 0 Å². The zero-order valence-electron chi connectivity index (χ0n) is 26.4. The molecule has 4 aromatic heterocycles. The number of nitrogens with zero attached hydrogens (tertiary/aromatic N) is 3. The number of para-hydroxylation sites is 5. The van der Waals surface area contributed by atoms with Gasteiger partial charge < -0.3 is 13.7 Å². The van der Waals surface area contributed by atoms with Gasteiger partial charge in [0.05, 0.1) is 38.8 Å². The minimum absolute atomic E-state index is 1.13. The highest BCUT2D eigenvalue weighted by atomic mass is 15.2. The van der Waals surface area contributed by atoms with Crippen LogP contribution in [0.5, 0.6) is 0 Å². The highest BCUT2D eigenvalue weighted by molar-refractivity contribution is 6.36. The van der Waals surface area contributed by atoms with Gasteiger partial charge in [0.25, 0.3) is 0 Å². The third kappa shape index (κ3) is 3.09. The number of aromatic nitrogens is 2. The lowest BCUT2D eigenvalue weighted by Crippen LogP contribution is -2.11. The molecule has 49 heavy (non-hydrogen) atoms. The lowest BCUT2D eigenvalue weighted by atomic mass is 9.99. The molecule has 3 nitrogen and oxygen atoms in total. The van der Waals surface area contributed by atoms with Crippen molar-refractivity contribution in [3.05, 3.63) is 164 Å². The quantitative estimate of drug-likeness (QED) is 0.191. The molecule has 0 amide bonds. The van der Waals surface area contributed by atoms with E-state index >= 15 is 0 Å². The summed E-state index contributed by atoms with van der Waals surface area (Å²) in [7, 11) is 0. The van der Waals surface area contributed by atoms with Crippen molar-refractivity contribution >= 4 is 104 Å². The van der Waals surface area contributed by atoms with E-state index in [2.05, 4.69) is 177 Å². The minimum Gasteiger partial charge on any atom is -0.308 e. The van der Waals surface area contributed by atoms with Crippen LogP contribution in [0.25, 0.3) is 87.0 Å². The van der Waals surface area contributed by atoms with E-state index in [9.17, 15) is 0 Å². The van der Waals surface area contributed by atoms with Gasteiger partial charge in [-0.2, -0.15) is 0 Å². The van der Waals surface area contributed by atoms with Gasteiger partial charge in [0.1, 0.15) is 0 Å². The third-order valence-electron chi connectivity index (χ3n) is 10.9. The summed E-state index contributed by atoms with van der Waals surface area (Å²) < 4.78 is 5.06. The maximum atomic E-state index is 2.57. The molecule has 0 spiro atoms. The molecule has 0 saturated carbocycles. The third-order valence-corrected chi connectivity index (χ3v) is 10.9. The van der Waals surface area contributed by atoms with Gasteiger partial charge in [-0.15, -0.1) is 0 Å². The summed E-state index contributed by atoms with van der Waals surface area (Å²) in [5.74, 6) is 0. The predicted molar refractivity (Wildman–Crippen MR) is 208 cm³/mol. The first-order valence-electron chi connectivity index (χ1n) is 17.0. The number of fused-ring (bicyclic) bond motifs is 14. The van der Waals surface area contributed by atoms with Crippen LogP contribution in [0.15, 0.2) is 164 Å². The molecule has 12 rings (SSSR count). The Kier molecular flexibility index (Phi) is 4.72. The van der Waals surface area contributed by atoms with Crippen molar-refractivity contribution in [1.29, 1.82) is 0 Å². The van der Waals surface area contributed by atoms with E-state index in [4.69, 9.17) is 0 Å². The van der Waals surface area contributed by atoms with Crippen molar-refractivity contribution in [1.82, 2.24) is 8.80 Å². The summed E-state index contributed by atoms with van der Waals surface area (Å²) in [5.41, 5.74) is 11.1. The largest absolute Gasteiger partial charge is 0.308 e. The first-order chi connectivity index (χ1) is 24.4. The molecule has 0 aliphatic rings. The van der Waals surface area contributed by atoms with Crippen LogP contribution in [0, 0.1) is 0 Å². The van der Waals surface area contributed by atoms with Crippen molar-refractivity contribution in [2.75, 3.05) is 4.90 Å². The number of benzene rings is 8. The molecule has 0 aliphatic heterocycles. The normalized spacial score (nSPS) is 12.5. The Morgan fingerprint density at radius 3 is 1.53 bits per heavy atom. The van der Waals surface area contributed by atoms with Crippen molar-refractivity contribution in [2.45, 2.75) is 0 Å². The monoisotopic (exact) mass is 621 g/mol. The van der Waals surface area contributed by atoms with Crippen LogP contribution in [0.3, 0.4) is 0 Å². The Bertz CT molecular complexity index is 3220. The molecule has 0 aliphatic carbocycles. The van der Waals surface area contributed by atoms with Gasteiger partial charge in [-0.25, -0.2) is 0 Å². The van der Waals surface area contributed by atoms with Crippen molar-refractivity contribution < 1.29 is 0 Å². The smallest absolute Gasteiger partial charge is 0.0789 e. The van der Waals surface area contributed by atoms with E-state index in [0.717, 1.165) is 11.4 Å². The summed E-state index contributed by atoms with van der Waals surface area (Å²) in [6.07, 6.45) is 0. The van der Waals surface area contributed by atoms with Gasteiger partial charge in [-0.05, 0) is 53.9 Å². The second-order valence-corrected chi connectivity index (χ2v) is 13.3. The van der Waals surface area contributed by atoms with Crippen molar-refractivity contribution in [3.63, 3.8) is 0 Å². The van der Waals surface area contributed by atoms with E-state index in [1.807, 2.05) is 0 Å². The van der Waals surface area contributed by atoms with Crippen molar-refractivity contribution in [2.24, 2.45) is 0 Å². The van der Waals surface area contributed by atoms with Gasteiger partial charge in [-0.3, -0.25) is 0 Å². The average molecular weight is 622 g/mol. The highest BCUT2D eigenvalue weighted by Crippen LogP contribution is 2.51. The maximum absolute atomic E-state index is 2.57. The second kappa shape index (κ2) is 9.06. The number of hydrogen-bond donors (Lipinski definition) is 0. The zero-order chi connectivity index (χ0) is 31.8. The van der Waals surface area contributed by atoms with Gasteiger partial charge in [0.2, 0.25) is 0 Å². The summed E-state index contributed by atoms with van der Waals surface area (Å²) in [5, 5.41) is 12.9. The van der Waals surface area contributed by atoms with Gasteiger partial charge in [0, 0.05) is 59.9 Å². The van der Waals surface area contributed by atoms with Crippen LogP contribution < -0.4 is 4.90 Å². The summed E-state index contributed by atoms with van der Waals surface area (Å²) in [6, 6.07) is 60.2. The first kappa shape index (κ1) is 25.5. The molecule has 0 N–H and O–H groups in total. The number of hydrogen-bond acceptors (Lipinski definition) is 1. The van der Waals surface area contributed by atoms with Crippen LogP contribution in [0.2, 0.25) is 0 Å². The number of rotatable bonds is 3. The molecule has 12 aromatic rings. The van der Waals surface area contributed by atoms with E-state index in [0.29, 0.717) is 0 Å². The van der Waals surface area contributed by atoms with Crippen LogP contribution in [0.1, 0.15) is 0 Å². The fourth-order valence-electron chi connectivity index (χ4n) is 9.06. The van der Waals surface area contributed by atoms with Crippen LogP contribution in [-0.2, 0) is 0 Å². The molecule has 0 radical (unpaired) electrons. The fourth-order valence-corrected chi connectivity index (χ4v) is 9.06. The SMILES string of the molecule is c1ccc(N(c2ccccc2)c2c3ccccc3cc3c4cccc5c6c7c8cccc9c%10ccccc%10n(c7ccc6n(c23)c45)c98)cc1. The molecule has 8 aromatic carbocycles. The van der Waals surface area contributed by atoms with E-state index in [1.165, 1.54) is 92.6 Å². The van der Waals surface area contributed by atoms with Crippen LogP contribution in [0.4, 0.5) is 17.1 Å². The molecule has 4 heterocycles. The second-order valence-electron chi connectivity index (χ2n) is 13.3. The first-order valence-corrected chi connectivity index (χ1v) is 17.0. The Hall–Kier alpha value is -6.58. The molecule has 226 valence electrons. The molecule has 0 saturated heterocycles.